The summed E-state index contributed by atoms with van der Waals surface area (Å²) in [6.45, 7) is 2.64. The van der Waals surface area contributed by atoms with Crippen molar-refractivity contribution < 1.29 is 14.0 Å². The summed E-state index contributed by atoms with van der Waals surface area (Å²) in [7, 11) is 0. The standard InChI is InChI=1S/C27H26FN3O2/c28-23-12-10-22(11-13-23)26(32)30-15-14-24(16-30)29-25-17-31(18-25)27(33)21-8-6-20(7-9-21)19-4-2-1-3-5-19/h1-13,24-25,29H,14-18H2/t24-/m0/s1. The zero-order valence-corrected chi connectivity index (χ0v) is 18.3. The number of rotatable bonds is 5. The molecule has 2 fully saturated rings. The molecule has 2 amide bonds. The first-order valence-corrected chi connectivity index (χ1v) is 11.3. The highest BCUT2D eigenvalue weighted by atomic mass is 19.1. The summed E-state index contributed by atoms with van der Waals surface area (Å²) >= 11 is 0. The van der Waals surface area contributed by atoms with Crippen LogP contribution in [0.3, 0.4) is 0 Å². The fraction of sp³-hybridized carbons (Fsp3) is 0.259. The summed E-state index contributed by atoms with van der Waals surface area (Å²) in [4.78, 5) is 29.1. The maximum atomic E-state index is 13.1. The van der Waals surface area contributed by atoms with Gasteiger partial charge in [0.15, 0.2) is 0 Å². The van der Waals surface area contributed by atoms with E-state index in [-0.39, 0.29) is 29.7 Å². The Balaban J connectivity index is 1.10. The molecule has 0 radical (unpaired) electrons. The Labute approximate surface area is 192 Å². The maximum Gasteiger partial charge on any atom is 0.253 e. The number of likely N-dealkylation sites (tertiary alicyclic amines) is 2. The first-order chi connectivity index (χ1) is 16.1. The Morgan fingerprint density at radius 3 is 1.91 bits per heavy atom. The van der Waals surface area contributed by atoms with Crippen molar-refractivity contribution in [1.82, 2.24) is 15.1 Å². The topological polar surface area (TPSA) is 52.7 Å². The van der Waals surface area contributed by atoms with E-state index in [1.165, 1.54) is 24.3 Å². The summed E-state index contributed by atoms with van der Waals surface area (Å²) in [5.74, 6) is -0.361. The molecule has 5 nitrogen and oxygen atoms in total. The highest BCUT2D eigenvalue weighted by Gasteiger charge is 2.35. The Hall–Kier alpha value is -3.51. The van der Waals surface area contributed by atoms with Crippen LogP contribution in [0.25, 0.3) is 11.1 Å². The van der Waals surface area contributed by atoms with Crippen LogP contribution in [-0.4, -0.2) is 59.9 Å². The van der Waals surface area contributed by atoms with Crippen molar-refractivity contribution in [2.45, 2.75) is 18.5 Å². The van der Waals surface area contributed by atoms with Gasteiger partial charge in [-0.1, -0.05) is 42.5 Å². The molecule has 3 aromatic rings. The monoisotopic (exact) mass is 443 g/mol. The van der Waals surface area contributed by atoms with Crippen LogP contribution in [0.5, 0.6) is 0 Å². The Bertz CT molecular complexity index is 1130. The molecule has 2 heterocycles. The van der Waals surface area contributed by atoms with Gasteiger partial charge in [0, 0.05) is 49.4 Å². The summed E-state index contributed by atoms with van der Waals surface area (Å²) in [6, 6.07) is 24.0. The first-order valence-electron chi connectivity index (χ1n) is 11.3. The molecule has 168 valence electrons. The SMILES string of the molecule is O=C(c1ccc(-c2ccccc2)cc1)N1CC(N[C@H]2CCN(C(=O)c3ccc(F)cc3)C2)C1. The molecule has 2 aliphatic heterocycles. The quantitative estimate of drug-likeness (QED) is 0.652. The first kappa shape index (κ1) is 21.3. The van der Waals surface area contributed by atoms with E-state index in [9.17, 15) is 14.0 Å². The molecule has 1 atom stereocenters. The summed E-state index contributed by atoms with van der Waals surface area (Å²) in [5, 5.41) is 3.58. The van der Waals surface area contributed by atoms with Gasteiger partial charge in [0.2, 0.25) is 0 Å². The Morgan fingerprint density at radius 1 is 0.697 bits per heavy atom. The Kier molecular flexibility index (Phi) is 5.92. The van der Waals surface area contributed by atoms with E-state index in [0.717, 1.165) is 17.5 Å². The fourth-order valence-electron chi connectivity index (χ4n) is 4.56. The zero-order valence-electron chi connectivity index (χ0n) is 18.3. The van der Waals surface area contributed by atoms with Crippen molar-refractivity contribution in [1.29, 1.82) is 0 Å². The number of carbonyl (C=O) groups excluding carboxylic acids is 2. The van der Waals surface area contributed by atoms with Gasteiger partial charge in [0.1, 0.15) is 5.82 Å². The lowest BCUT2D eigenvalue weighted by Gasteiger charge is -2.41. The largest absolute Gasteiger partial charge is 0.337 e. The second-order valence-corrected chi connectivity index (χ2v) is 8.76. The van der Waals surface area contributed by atoms with Crippen molar-refractivity contribution in [2.24, 2.45) is 0 Å². The minimum atomic E-state index is -0.344. The maximum absolute atomic E-state index is 13.1. The molecular formula is C27H26FN3O2. The van der Waals surface area contributed by atoms with Gasteiger partial charge in [-0.25, -0.2) is 4.39 Å². The van der Waals surface area contributed by atoms with Crippen LogP contribution in [0.1, 0.15) is 27.1 Å². The number of nitrogens with one attached hydrogen (secondary N) is 1. The van der Waals surface area contributed by atoms with Gasteiger partial charge in [0.05, 0.1) is 0 Å². The molecule has 2 aliphatic rings. The molecule has 0 bridgehead atoms. The Morgan fingerprint density at radius 2 is 1.24 bits per heavy atom. The third-order valence-electron chi connectivity index (χ3n) is 6.45. The zero-order chi connectivity index (χ0) is 22.8. The molecule has 1 N–H and O–H groups in total. The van der Waals surface area contributed by atoms with E-state index in [4.69, 9.17) is 0 Å². The van der Waals surface area contributed by atoms with Gasteiger partial charge in [-0.2, -0.15) is 0 Å². The van der Waals surface area contributed by atoms with Crippen molar-refractivity contribution in [2.75, 3.05) is 26.2 Å². The van der Waals surface area contributed by atoms with Crippen LogP contribution in [0.2, 0.25) is 0 Å². The van der Waals surface area contributed by atoms with E-state index in [1.54, 1.807) is 4.90 Å². The lowest BCUT2D eigenvalue weighted by Crippen LogP contribution is -2.62. The third kappa shape index (κ3) is 4.66. The molecule has 5 rings (SSSR count). The van der Waals surface area contributed by atoms with E-state index in [2.05, 4.69) is 17.4 Å². The number of benzene rings is 3. The highest BCUT2D eigenvalue weighted by molar-refractivity contribution is 5.95. The second kappa shape index (κ2) is 9.16. The molecule has 2 saturated heterocycles. The number of hydrogen-bond acceptors (Lipinski definition) is 3. The van der Waals surface area contributed by atoms with Crippen LogP contribution in [0, 0.1) is 5.82 Å². The normalized spacial score (nSPS) is 18.3. The van der Waals surface area contributed by atoms with Crippen molar-refractivity contribution >= 4 is 11.8 Å². The van der Waals surface area contributed by atoms with Gasteiger partial charge in [-0.3, -0.25) is 9.59 Å². The van der Waals surface area contributed by atoms with E-state index < -0.39 is 0 Å². The van der Waals surface area contributed by atoms with Crippen LogP contribution in [-0.2, 0) is 0 Å². The number of nitrogens with zero attached hydrogens (tertiary/aromatic N) is 2. The number of halogens is 1. The molecule has 3 aromatic carbocycles. The average molecular weight is 444 g/mol. The summed E-state index contributed by atoms with van der Waals surface area (Å²) in [5.41, 5.74) is 3.44. The van der Waals surface area contributed by atoms with Crippen LogP contribution in [0.15, 0.2) is 78.9 Å². The number of hydrogen-bond donors (Lipinski definition) is 1. The van der Waals surface area contributed by atoms with Gasteiger partial charge in [-0.05, 0) is 53.9 Å². The molecule has 33 heavy (non-hydrogen) atoms. The van der Waals surface area contributed by atoms with Crippen molar-refractivity contribution in [3.05, 3.63) is 95.8 Å². The summed E-state index contributed by atoms with van der Waals surface area (Å²) in [6.07, 6.45) is 0.873. The van der Waals surface area contributed by atoms with Crippen LogP contribution in [0.4, 0.5) is 4.39 Å². The smallest absolute Gasteiger partial charge is 0.253 e. The lowest BCUT2D eigenvalue weighted by atomic mass is 10.0. The minimum Gasteiger partial charge on any atom is -0.337 e. The molecule has 0 saturated carbocycles. The van der Waals surface area contributed by atoms with Gasteiger partial charge in [0.25, 0.3) is 11.8 Å². The van der Waals surface area contributed by atoms with Gasteiger partial charge < -0.3 is 15.1 Å². The second-order valence-electron chi connectivity index (χ2n) is 8.76. The molecule has 0 aliphatic carbocycles. The van der Waals surface area contributed by atoms with E-state index in [0.29, 0.717) is 37.3 Å². The van der Waals surface area contributed by atoms with Gasteiger partial charge in [-0.15, -0.1) is 0 Å². The van der Waals surface area contributed by atoms with Crippen LogP contribution >= 0.6 is 0 Å². The van der Waals surface area contributed by atoms with E-state index in [1.807, 2.05) is 47.4 Å². The predicted molar refractivity (Wildman–Crippen MR) is 125 cm³/mol. The predicted octanol–water partition coefficient (Wildman–Crippen LogP) is 3.82. The average Bonchev–Trinajstić information content (AvgIpc) is 3.30. The molecule has 0 spiro atoms. The fourth-order valence-corrected chi connectivity index (χ4v) is 4.56. The van der Waals surface area contributed by atoms with E-state index >= 15 is 0 Å². The third-order valence-corrected chi connectivity index (χ3v) is 6.45. The molecule has 6 heteroatoms. The van der Waals surface area contributed by atoms with Crippen molar-refractivity contribution in [3.8, 4) is 11.1 Å². The number of amides is 2. The molecular weight excluding hydrogens is 417 g/mol. The van der Waals surface area contributed by atoms with Gasteiger partial charge >= 0.3 is 0 Å². The molecule has 0 unspecified atom stereocenters. The lowest BCUT2D eigenvalue weighted by molar-refractivity contribution is 0.0552. The van der Waals surface area contributed by atoms with Crippen LogP contribution < -0.4 is 5.32 Å². The van der Waals surface area contributed by atoms with Crippen molar-refractivity contribution in [3.63, 3.8) is 0 Å². The number of carbonyl (C=O) groups is 2. The summed E-state index contributed by atoms with van der Waals surface area (Å²) < 4.78 is 13.1. The molecule has 0 aromatic heterocycles. The highest BCUT2D eigenvalue weighted by Crippen LogP contribution is 2.22. The minimum absolute atomic E-state index is 0.0483.